The highest BCUT2D eigenvalue weighted by atomic mass is 32.2. The smallest absolute Gasteiger partial charge is 0.319 e. The molecule has 1 aromatic carbocycles. The Bertz CT molecular complexity index is 1440. The Balaban J connectivity index is 1.37. The van der Waals surface area contributed by atoms with E-state index >= 15 is 0 Å². The molecule has 3 aliphatic rings. The number of carbonyl (C=O) groups is 1. The summed E-state index contributed by atoms with van der Waals surface area (Å²) in [5, 5.41) is 5.80. The van der Waals surface area contributed by atoms with E-state index in [1.807, 2.05) is 18.2 Å². The average Bonchev–Trinajstić information content (AvgIpc) is 3.85. The summed E-state index contributed by atoms with van der Waals surface area (Å²) in [6.07, 6.45) is 4.47. The fraction of sp³-hybridized carbons (Fsp3) is 0.407. The molecule has 6 rings (SSSR count). The lowest BCUT2D eigenvalue weighted by Gasteiger charge is -2.34. The summed E-state index contributed by atoms with van der Waals surface area (Å²) in [6, 6.07) is 14.1. The van der Waals surface area contributed by atoms with E-state index in [9.17, 15) is 13.2 Å². The average molecular weight is 535 g/mol. The number of benzene rings is 1. The van der Waals surface area contributed by atoms with E-state index < -0.39 is 14.6 Å². The summed E-state index contributed by atoms with van der Waals surface area (Å²) < 4.78 is 32.0. The minimum absolute atomic E-state index is 0.0545. The van der Waals surface area contributed by atoms with Gasteiger partial charge in [0.05, 0.1) is 24.9 Å². The highest BCUT2D eigenvalue weighted by Crippen LogP contribution is 2.54. The van der Waals surface area contributed by atoms with Gasteiger partial charge in [0, 0.05) is 36.1 Å². The maximum Gasteiger partial charge on any atom is 0.319 e. The molecule has 198 valence electrons. The Hall–Kier alpha value is -3.57. The Labute approximate surface area is 221 Å². The van der Waals surface area contributed by atoms with Gasteiger partial charge in [-0.3, -0.25) is 0 Å². The molecule has 0 bridgehead atoms. The summed E-state index contributed by atoms with van der Waals surface area (Å²) in [7, 11) is -3.76. The zero-order valence-electron chi connectivity index (χ0n) is 21.1. The first-order chi connectivity index (χ1) is 18.4. The third-order valence-electron chi connectivity index (χ3n) is 7.29. The topological polar surface area (TPSA) is 126 Å². The second-order valence-electron chi connectivity index (χ2n) is 10.2. The molecule has 3 heterocycles. The highest BCUT2D eigenvalue weighted by Gasteiger charge is 2.58. The van der Waals surface area contributed by atoms with Crippen LogP contribution in [0.5, 0.6) is 0 Å². The molecule has 2 aromatic heterocycles. The number of sulfone groups is 1. The lowest BCUT2D eigenvalue weighted by Crippen LogP contribution is -2.44. The van der Waals surface area contributed by atoms with Gasteiger partial charge in [0.15, 0.2) is 10.9 Å². The van der Waals surface area contributed by atoms with Crippen molar-refractivity contribution in [1.29, 1.82) is 0 Å². The van der Waals surface area contributed by atoms with Gasteiger partial charge in [0.1, 0.15) is 10.6 Å². The third-order valence-corrected chi connectivity index (χ3v) is 9.72. The summed E-state index contributed by atoms with van der Waals surface area (Å²) in [5.74, 6) is 1.11. The van der Waals surface area contributed by atoms with Crippen LogP contribution in [0.2, 0.25) is 0 Å². The van der Waals surface area contributed by atoms with Gasteiger partial charge >= 0.3 is 6.03 Å². The van der Waals surface area contributed by atoms with E-state index in [1.165, 1.54) is 12.3 Å². The molecule has 3 fully saturated rings. The van der Waals surface area contributed by atoms with Crippen molar-refractivity contribution in [3.05, 3.63) is 60.4 Å². The first kappa shape index (κ1) is 24.7. The second-order valence-corrected chi connectivity index (χ2v) is 12.4. The molecule has 3 aromatic rings. The standard InChI is InChI=1S/C27H30N6O4S/c1-18-17-37-15-14-33(18)23-16-22(27(11-12-27)38(35,36)24-4-2-3-13-28-24)31-25(32-23)19-5-7-20(8-6-19)29-26(34)30-21-9-10-21/h2-8,13,16,18,21H,9-12,14-15,17H2,1H3,(H2,29,30,34)/t18-/m0/s1. The molecule has 10 nitrogen and oxygen atoms in total. The van der Waals surface area contributed by atoms with Crippen LogP contribution in [0, 0.1) is 0 Å². The summed E-state index contributed by atoms with van der Waals surface area (Å²) in [6.45, 7) is 3.84. The van der Waals surface area contributed by atoms with E-state index in [-0.39, 0.29) is 23.1 Å². The van der Waals surface area contributed by atoms with E-state index in [2.05, 4.69) is 27.4 Å². The van der Waals surface area contributed by atoms with Gasteiger partial charge in [-0.05, 0) is 69.0 Å². The largest absolute Gasteiger partial charge is 0.377 e. The Morgan fingerprint density at radius 3 is 2.55 bits per heavy atom. The van der Waals surface area contributed by atoms with Crippen molar-refractivity contribution in [3.63, 3.8) is 0 Å². The van der Waals surface area contributed by atoms with Crippen LogP contribution in [-0.2, 0) is 19.3 Å². The van der Waals surface area contributed by atoms with Crippen molar-refractivity contribution in [2.45, 2.75) is 54.5 Å². The molecule has 1 saturated heterocycles. The van der Waals surface area contributed by atoms with Crippen LogP contribution in [0.15, 0.2) is 59.8 Å². The van der Waals surface area contributed by atoms with Crippen LogP contribution in [0.25, 0.3) is 11.4 Å². The molecule has 0 unspecified atom stereocenters. The molecule has 1 aliphatic heterocycles. The van der Waals surface area contributed by atoms with Crippen LogP contribution in [0.4, 0.5) is 16.3 Å². The molecule has 2 N–H and O–H groups in total. The molecular weight excluding hydrogens is 504 g/mol. The lowest BCUT2D eigenvalue weighted by molar-refractivity contribution is 0.0985. The Morgan fingerprint density at radius 2 is 1.89 bits per heavy atom. The molecule has 11 heteroatoms. The number of hydrogen-bond acceptors (Lipinski definition) is 8. The molecule has 1 atom stereocenters. The maximum absolute atomic E-state index is 13.7. The van der Waals surface area contributed by atoms with Crippen LogP contribution >= 0.6 is 0 Å². The SMILES string of the molecule is C[C@H]1COCCN1c1cc(C2(S(=O)(=O)c3ccccn3)CC2)nc(-c2ccc(NC(=O)NC3CC3)cc2)n1. The number of morpholine rings is 1. The monoisotopic (exact) mass is 534 g/mol. The normalized spacial score (nSPS) is 20.6. The first-order valence-electron chi connectivity index (χ1n) is 12.9. The first-order valence-corrected chi connectivity index (χ1v) is 14.4. The van der Waals surface area contributed by atoms with E-state index in [4.69, 9.17) is 14.7 Å². The molecule has 0 spiro atoms. The van der Waals surface area contributed by atoms with Crippen molar-refractivity contribution in [2.24, 2.45) is 0 Å². The van der Waals surface area contributed by atoms with E-state index in [0.29, 0.717) is 55.6 Å². The number of nitrogens with one attached hydrogen (secondary N) is 2. The zero-order valence-corrected chi connectivity index (χ0v) is 21.9. The number of hydrogen-bond donors (Lipinski definition) is 2. The third kappa shape index (κ3) is 4.71. The van der Waals surface area contributed by atoms with Gasteiger partial charge in [0.25, 0.3) is 0 Å². The van der Waals surface area contributed by atoms with Gasteiger partial charge in [-0.15, -0.1) is 0 Å². The molecule has 38 heavy (non-hydrogen) atoms. The molecular formula is C27H30N6O4S. The van der Waals surface area contributed by atoms with Crippen molar-refractivity contribution in [3.8, 4) is 11.4 Å². The fourth-order valence-corrected chi connectivity index (χ4v) is 6.65. The van der Waals surface area contributed by atoms with Gasteiger partial charge in [-0.1, -0.05) is 6.07 Å². The van der Waals surface area contributed by atoms with Gasteiger partial charge in [-0.25, -0.2) is 28.2 Å². The Kier molecular flexibility index (Phi) is 6.27. The summed E-state index contributed by atoms with van der Waals surface area (Å²) >= 11 is 0. The number of nitrogens with zero attached hydrogens (tertiary/aromatic N) is 4. The predicted molar refractivity (Wildman–Crippen MR) is 143 cm³/mol. The lowest BCUT2D eigenvalue weighted by atomic mass is 10.1. The number of anilines is 2. The zero-order chi connectivity index (χ0) is 26.3. The number of amides is 2. The second kappa shape index (κ2) is 9.63. The predicted octanol–water partition coefficient (Wildman–Crippen LogP) is 3.51. The van der Waals surface area contributed by atoms with Crippen molar-refractivity contribution in [2.75, 3.05) is 30.0 Å². The van der Waals surface area contributed by atoms with Crippen LogP contribution in [0.1, 0.15) is 38.3 Å². The van der Waals surface area contributed by atoms with Crippen LogP contribution < -0.4 is 15.5 Å². The fourth-order valence-electron chi connectivity index (χ4n) is 4.78. The van der Waals surface area contributed by atoms with Crippen molar-refractivity contribution >= 4 is 27.4 Å². The molecule has 2 saturated carbocycles. The number of carbonyl (C=O) groups excluding carboxylic acids is 1. The van der Waals surface area contributed by atoms with E-state index in [0.717, 1.165) is 18.4 Å². The maximum atomic E-state index is 13.7. The van der Waals surface area contributed by atoms with Crippen molar-refractivity contribution < 1.29 is 17.9 Å². The van der Waals surface area contributed by atoms with Crippen LogP contribution in [0.3, 0.4) is 0 Å². The van der Waals surface area contributed by atoms with Crippen molar-refractivity contribution in [1.82, 2.24) is 20.3 Å². The van der Waals surface area contributed by atoms with E-state index in [1.54, 1.807) is 24.3 Å². The summed E-state index contributed by atoms with van der Waals surface area (Å²) in [5.41, 5.74) is 1.86. The van der Waals surface area contributed by atoms with Gasteiger partial charge < -0.3 is 20.3 Å². The van der Waals surface area contributed by atoms with Gasteiger partial charge in [0.2, 0.25) is 9.84 Å². The number of ether oxygens (including phenoxy) is 1. The quantitative estimate of drug-likeness (QED) is 0.472. The van der Waals surface area contributed by atoms with Gasteiger partial charge in [-0.2, -0.15) is 0 Å². The number of rotatable bonds is 7. The highest BCUT2D eigenvalue weighted by molar-refractivity contribution is 7.92. The number of pyridine rings is 1. The Morgan fingerprint density at radius 1 is 1.11 bits per heavy atom. The molecule has 2 aliphatic carbocycles. The minimum atomic E-state index is -3.76. The molecule has 2 amide bonds. The summed E-state index contributed by atoms with van der Waals surface area (Å²) in [4.78, 5) is 28.1. The van der Waals surface area contributed by atoms with Crippen LogP contribution in [-0.4, -0.2) is 61.2 Å². The number of urea groups is 1. The number of aromatic nitrogens is 3. The molecule has 0 radical (unpaired) electrons. The minimum Gasteiger partial charge on any atom is -0.377 e.